The van der Waals surface area contributed by atoms with Crippen molar-refractivity contribution in [2.24, 2.45) is 0 Å². The second kappa shape index (κ2) is 7.23. The van der Waals surface area contributed by atoms with Crippen LogP contribution in [-0.4, -0.2) is 5.78 Å². The molecule has 1 nitrogen and oxygen atoms in total. The van der Waals surface area contributed by atoms with Gasteiger partial charge in [0.2, 0.25) is 0 Å². The molecular weight excluding hydrogens is 220 g/mol. The first kappa shape index (κ1) is 13.9. The van der Waals surface area contributed by atoms with Crippen LogP contribution in [0.4, 0.5) is 0 Å². The number of hydrogen-bond donors (Lipinski definition) is 0. The topological polar surface area (TPSA) is 17.1 Å². The Morgan fingerprint density at radius 2 is 1.17 bits per heavy atom. The van der Waals surface area contributed by atoms with Crippen LogP contribution in [0.5, 0.6) is 0 Å². The molecule has 2 rings (SSSR count). The van der Waals surface area contributed by atoms with E-state index in [1.54, 1.807) is 6.92 Å². The quantitative estimate of drug-likeness (QED) is 0.698. The molecule has 0 aliphatic carbocycles. The Kier molecular flexibility index (Phi) is 5.59. The molecule has 0 amide bonds. The molecule has 0 radical (unpaired) electrons. The maximum absolute atomic E-state index is 10.6. The highest BCUT2D eigenvalue weighted by molar-refractivity contribution is 5.93. The van der Waals surface area contributed by atoms with Gasteiger partial charge in [0.1, 0.15) is 0 Å². The fraction of sp³-hybridized carbons (Fsp3) is 0.118. The van der Waals surface area contributed by atoms with Crippen molar-refractivity contribution in [2.45, 2.75) is 13.8 Å². The monoisotopic (exact) mass is 238 g/mol. The van der Waals surface area contributed by atoms with Crippen LogP contribution in [0.3, 0.4) is 0 Å². The lowest BCUT2D eigenvalue weighted by molar-refractivity contribution is 0.101. The minimum atomic E-state index is 0.121. The lowest BCUT2D eigenvalue weighted by Gasteiger charge is -1.94. The number of carbonyl (C=O) groups excluding carboxylic acids is 1. The zero-order valence-corrected chi connectivity index (χ0v) is 10.9. The van der Waals surface area contributed by atoms with Gasteiger partial charge in [0, 0.05) is 5.56 Å². The summed E-state index contributed by atoms with van der Waals surface area (Å²) in [4.78, 5) is 10.6. The predicted molar refractivity (Wildman–Crippen MR) is 77.6 cm³/mol. The Hall–Kier alpha value is -2.15. The lowest BCUT2D eigenvalue weighted by atomic mass is 10.1. The van der Waals surface area contributed by atoms with E-state index >= 15 is 0 Å². The Labute approximate surface area is 109 Å². The Bertz CT molecular complexity index is 448. The highest BCUT2D eigenvalue weighted by atomic mass is 16.1. The minimum Gasteiger partial charge on any atom is -0.295 e. The molecule has 0 fully saturated rings. The number of ketones is 1. The van der Waals surface area contributed by atoms with Crippen LogP contribution in [0.25, 0.3) is 5.57 Å². The largest absolute Gasteiger partial charge is 0.295 e. The summed E-state index contributed by atoms with van der Waals surface area (Å²) >= 11 is 0. The van der Waals surface area contributed by atoms with E-state index in [1.807, 2.05) is 55.5 Å². The van der Waals surface area contributed by atoms with E-state index < -0.39 is 0 Å². The van der Waals surface area contributed by atoms with E-state index in [4.69, 9.17) is 0 Å². The molecular formula is C17H18O. The standard InChI is InChI=1S/C9H10.C8H8O/c1-8(2)9-6-4-3-5-7-9;1-7(9)8-5-3-2-4-6-8/h3-7H,1H2,2H3;2-6H,1H3. The Balaban J connectivity index is 0.000000180. The van der Waals surface area contributed by atoms with Crippen LogP contribution in [0, 0.1) is 0 Å². The van der Waals surface area contributed by atoms with Gasteiger partial charge in [0.05, 0.1) is 0 Å². The lowest BCUT2D eigenvalue weighted by Crippen LogP contribution is -1.88. The maximum Gasteiger partial charge on any atom is 0.159 e. The molecule has 18 heavy (non-hydrogen) atoms. The number of allylic oxidation sites excluding steroid dienone is 1. The molecule has 2 aromatic rings. The molecule has 92 valence electrons. The van der Waals surface area contributed by atoms with Crippen molar-refractivity contribution in [2.75, 3.05) is 0 Å². The van der Waals surface area contributed by atoms with E-state index in [1.165, 1.54) is 5.56 Å². The van der Waals surface area contributed by atoms with Crippen molar-refractivity contribution >= 4 is 11.4 Å². The summed E-state index contributed by atoms with van der Waals surface area (Å²) < 4.78 is 0. The molecule has 0 heterocycles. The first-order valence-electron chi connectivity index (χ1n) is 5.88. The van der Waals surface area contributed by atoms with Gasteiger partial charge in [0.15, 0.2) is 5.78 Å². The van der Waals surface area contributed by atoms with Crippen molar-refractivity contribution in [3.05, 3.63) is 78.4 Å². The van der Waals surface area contributed by atoms with Crippen molar-refractivity contribution in [3.8, 4) is 0 Å². The molecule has 0 saturated carbocycles. The normalized spacial score (nSPS) is 9.00. The summed E-state index contributed by atoms with van der Waals surface area (Å²) in [5, 5.41) is 0. The van der Waals surface area contributed by atoms with Crippen LogP contribution < -0.4 is 0 Å². The summed E-state index contributed by atoms with van der Waals surface area (Å²) in [5.74, 6) is 0.121. The molecule has 0 spiro atoms. The van der Waals surface area contributed by atoms with Crippen molar-refractivity contribution in [1.82, 2.24) is 0 Å². The van der Waals surface area contributed by atoms with Crippen LogP contribution in [0.2, 0.25) is 0 Å². The molecule has 0 aromatic heterocycles. The molecule has 1 heteroatoms. The van der Waals surface area contributed by atoms with Crippen molar-refractivity contribution in [3.63, 3.8) is 0 Å². The SMILES string of the molecule is C=C(C)c1ccccc1.CC(=O)c1ccccc1. The highest BCUT2D eigenvalue weighted by Crippen LogP contribution is 2.08. The van der Waals surface area contributed by atoms with Crippen LogP contribution in [0.15, 0.2) is 67.2 Å². The van der Waals surface area contributed by atoms with Crippen molar-refractivity contribution < 1.29 is 4.79 Å². The van der Waals surface area contributed by atoms with Gasteiger partial charge >= 0.3 is 0 Å². The molecule has 0 aliphatic rings. The van der Waals surface area contributed by atoms with E-state index in [-0.39, 0.29) is 5.78 Å². The van der Waals surface area contributed by atoms with Crippen LogP contribution in [-0.2, 0) is 0 Å². The van der Waals surface area contributed by atoms with Gasteiger partial charge < -0.3 is 0 Å². The van der Waals surface area contributed by atoms with Gasteiger partial charge in [-0.15, -0.1) is 0 Å². The Morgan fingerprint density at radius 3 is 1.39 bits per heavy atom. The van der Waals surface area contributed by atoms with Crippen molar-refractivity contribution in [1.29, 1.82) is 0 Å². The third-order valence-corrected chi connectivity index (χ3v) is 2.45. The molecule has 0 atom stereocenters. The summed E-state index contributed by atoms with van der Waals surface area (Å²) in [6.45, 7) is 7.40. The van der Waals surface area contributed by atoms with Crippen LogP contribution >= 0.6 is 0 Å². The molecule has 0 aliphatic heterocycles. The zero-order valence-electron chi connectivity index (χ0n) is 10.9. The summed E-state index contributed by atoms with van der Waals surface area (Å²) in [6.07, 6.45) is 0. The average molecular weight is 238 g/mol. The van der Waals surface area contributed by atoms with Crippen LogP contribution in [0.1, 0.15) is 29.8 Å². The third-order valence-electron chi connectivity index (χ3n) is 2.45. The summed E-state index contributed by atoms with van der Waals surface area (Å²) in [6, 6.07) is 19.4. The highest BCUT2D eigenvalue weighted by Gasteiger charge is 1.92. The molecule has 0 saturated heterocycles. The smallest absolute Gasteiger partial charge is 0.159 e. The molecule has 2 aromatic carbocycles. The Morgan fingerprint density at radius 1 is 0.778 bits per heavy atom. The molecule has 0 unspecified atom stereocenters. The first-order chi connectivity index (χ1) is 8.61. The second-order valence-electron chi connectivity index (χ2n) is 4.07. The fourth-order valence-corrected chi connectivity index (χ4v) is 1.40. The van der Waals surface area contributed by atoms with Gasteiger partial charge in [-0.3, -0.25) is 4.79 Å². The van der Waals surface area contributed by atoms with E-state index in [0.717, 1.165) is 11.1 Å². The van der Waals surface area contributed by atoms with Gasteiger partial charge in [-0.2, -0.15) is 0 Å². The maximum atomic E-state index is 10.6. The van der Waals surface area contributed by atoms with Gasteiger partial charge in [0.25, 0.3) is 0 Å². The van der Waals surface area contributed by atoms with Gasteiger partial charge in [-0.05, 0) is 19.4 Å². The number of hydrogen-bond acceptors (Lipinski definition) is 1. The number of rotatable bonds is 2. The zero-order chi connectivity index (χ0) is 13.4. The molecule has 0 N–H and O–H groups in total. The van der Waals surface area contributed by atoms with E-state index in [9.17, 15) is 4.79 Å². The number of Topliss-reactive ketones (excluding diaryl/α,β-unsaturated/α-hetero) is 1. The summed E-state index contributed by atoms with van der Waals surface area (Å²) in [5.41, 5.74) is 3.12. The van der Waals surface area contributed by atoms with E-state index in [2.05, 4.69) is 18.7 Å². The molecule has 0 bridgehead atoms. The van der Waals surface area contributed by atoms with E-state index in [0.29, 0.717) is 0 Å². The first-order valence-corrected chi connectivity index (χ1v) is 5.88. The fourth-order valence-electron chi connectivity index (χ4n) is 1.40. The minimum absolute atomic E-state index is 0.121. The number of benzene rings is 2. The number of carbonyl (C=O) groups is 1. The van der Waals surface area contributed by atoms with Gasteiger partial charge in [-0.1, -0.05) is 72.8 Å². The predicted octanol–water partition coefficient (Wildman–Crippen LogP) is 4.61. The second-order valence-corrected chi connectivity index (χ2v) is 4.07. The average Bonchev–Trinajstić information content (AvgIpc) is 2.41. The van der Waals surface area contributed by atoms with Gasteiger partial charge in [-0.25, -0.2) is 0 Å². The summed E-state index contributed by atoms with van der Waals surface area (Å²) in [7, 11) is 0. The third kappa shape index (κ3) is 4.79.